The molecule has 8 nitrogen and oxygen atoms in total. The first kappa shape index (κ1) is 24.2. The molecule has 4 rings (SSSR count). The van der Waals surface area contributed by atoms with Gasteiger partial charge in [-0.05, 0) is 73.5 Å². The topological polar surface area (TPSA) is 101 Å². The van der Waals surface area contributed by atoms with Gasteiger partial charge < -0.3 is 19.8 Å². The van der Waals surface area contributed by atoms with Crippen molar-refractivity contribution < 1.29 is 23.5 Å². The second-order valence-corrected chi connectivity index (χ2v) is 8.59. The molecule has 1 saturated heterocycles. The van der Waals surface area contributed by atoms with Gasteiger partial charge in [-0.25, -0.2) is 4.79 Å². The summed E-state index contributed by atoms with van der Waals surface area (Å²) in [5.74, 6) is -1.14. The lowest BCUT2D eigenvalue weighted by atomic mass is 10.1. The zero-order valence-corrected chi connectivity index (χ0v) is 19.7. The van der Waals surface area contributed by atoms with Crippen molar-refractivity contribution in [2.75, 3.05) is 25.5 Å². The van der Waals surface area contributed by atoms with Gasteiger partial charge in [0, 0.05) is 24.3 Å². The number of nitrogens with zero attached hydrogens (tertiary/aromatic N) is 1. The van der Waals surface area contributed by atoms with Gasteiger partial charge in [-0.15, -0.1) is 0 Å². The quantitative estimate of drug-likeness (QED) is 0.473. The maximum atomic E-state index is 12.7. The van der Waals surface area contributed by atoms with Gasteiger partial charge in [0.05, 0.1) is 24.5 Å². The fraction of sp³-hybridized carbons (Fsp3) is 0.296. The van der Waals surface area contributed by atoms with E-state index in [1.165, 1.54) is 50.5 Å². The number of benzene rings is 2. The number of esters is 1. The van der Waals surface area contributed by atoms with Crippen LogP contribution in [0.4, 0.5) is 5.69 Å². The average Bonchev–Trinajstić information content (AvgIpc) is 3.43. The molecule has 3 aromatic rings. The summed E-state index contributed by atoms with van der Waals surface area (Å²) in [7, 11) is 1.29. The molecule has 0 atom stereocenters. The predicted molar refractivity (Wildman–Crippen MR) is 131 cm³/mol. The van der Waals surface area contributed by atoms with E-state index in [2.05, 4.69) is 15.5 Å². The Balaban J connectivity index is 1.40. The number of piperidine rings is 1. The number of anilines is 1. The van der Waals surface area contributed by atoms with Crippen LogP contribution in [0, 0.1) is 0 Å². The highest BCUT2D eigenvalue weighted by Gasteiger charge is 2.14. The molecule has 0 radical (unpaired) electrons. The lowest BCUT2D eigenvalue weighted by Crippen LogP contribution is -2.29. The Hall–Kier alpha value is -3.91. The minimum absolute atomic E-state index is 0.174. The summed E-state index contributed by atoms with van der Waals surface area (Å²) in [4.78, 5) is 39.7. The molecule has 0 saturated carbocycles. The Morgan fingerprint density at radius 1 is 0.886 bits per heavy atom. The van der Waals surface area contributed by atoms with Gasteiger partial charge in [-0.3, -0.25) is 14.5 Å². The molecule has 2 heterocycles. The zero-order chi connectivity index (χ0) is 24.6. The SMILES string of the molecule is COC(=O)c1cc(CNC(=O)c2ccc(CN3CCCCC3)cc2)cc(NC(=O)c2ccoc2)c1. The van der Waals surface area contributed by atoms with Crippen LogP contribution in [0.15, 0.2) is 65.5 Å². The van der Waals surface area contributed by atoms with Gasteiger partial charge in [0.1, 0.15) is 6.26 Å². The molecule has 0 aliphatic carbocycles. The Labute approximate surface area is 204 Å². The fourth-order valence-corrected chi connectivity index (χ4v) is 4.12. The number of carbonyl (C=O) groups is 3. The van der Waals surface area contributed by atoms with Crippen LogP contribution in [0.1, 0.15) is 61.5 Å². The van der Waals surface area contributed by atoms with E-state index in [0.29, 0.717) is 22.4 Å². The van der Waals surface area contributed by atoms with Gasteiger partial charge in [-0.2, -0.15) is 0 Å². The van der Waals surface area contributed by atoms with Crippen LogP contribution in [-0.4, -0.2) is 42.9 Å². The highest BCUT2D eigenvalue weighted by Crippen LogP contribution is 2.18. The number of carbonyl (C=O) groups excluding carboxylic acids is 3. The van der Waals surface area contributed by atoms with E-state index in [0.717, 1.165) is 19.6 Å². The molecule has 2 amide bonds. The number of hydrogen-bond acceptors (Lipinski definition) is 6. The molecule has 0 bridgehead atoms. The first-order chi connectivity index (χ1) is 17.0. The average molecular weight is 476 g/mol. The summed E-state index contributed by atoms with van der Waals surface area (Å²) in [5, 5.41) is 5.62. The van der Waals surface area contributed by atoms with E-state index < -0.39 is 5.97 Å². The van der Waals surface area contributed by atoms with E-state index in [4.69, 9.17) is 9.15 Å². The van der Waals surface area contributed by atoms with E-state index in [1.807, 2.05) is 24.3 Å². The zero-order valence-electron chi connectivity index (χ0n) is 19.7. The van der Waals surface area contributed by atoms with Gasteiger partial charge >= 0.3 is 5.97 Å². The summed E-state index contributed by atoms with van der Waals surface area (Å²) < 4.78 is 9.77. The van der Waals surface area contributed by atoms with Crippen molar-refractivity contribution >= 4 is 23.5 Å². The monoisotopic (exact) mass is 475 g/mol. The van der Waals surface area contributed by atoms with Crippen LogP contribution >= 0.6 is 0 Å². The predicted octanol–water partition coefficient (Wildman–Crippen LogP) is 4.23. The number of nitrogens with one attached hydrogen (secondary N) is 2. The molecule has 1 aliphatic heterocycles. The van der Waals surface area contributed by atoms with Gasteiger partial charge in [0.2, 0.25) is 0 Å². The Bertz CT molecular complexity index is 1170. The molecule has 1 aromatic heterocycles. The number of methoxy groups -OCH3 is 1. The lowest BCUT2D eigenvalue weighted by molar-refractivity contribution is 0.0600. The number of likely N-dealkylation sites (tertiary alicyclic amines) is 1. The van der Waals surface area contributed by atoms with Crippen LogP contribution in [0.25, 0.3) is 0 Å². The highest BCUT2D eigenvalue weighted by molar-refractivity contribution is 6.04. The smallest absolute Gasteiger partial charge is 0.337 e. The number of hydrogen-bond donors (Lipinski definition) is 2. The molecule has 0 unspecified atom stereocenters. The van der Waals surface area contributed by atoms with Crippen LogP contribution in [0.5, 0.6) is 0 Å². The van der Waals surface area contributed by atoms with Crippen LogP contribution in [0.2, 0.25) is 0 Å². The van der Waals surface area contributed by atoms with E-state index in [9.17, 15) is 14.4 Å². The van der Waals surface area contributed by atoms with E-state index in [1.54, 1.807) is 18.2 Å². The Morgan fingerprint density at radius 3 is 2.34 bits per heavy atom. The minimum atomic E-state index is -0.540. The molecule has 8 heteroatoms. The second kappa shape index (κ2) is 11.5. The van der Waals surface area contributed by atoms with Crippen molar-refractivity contribution in [2.45, 2.75) is 32.4 Å². The normalized spacial score (nSPS) is 13.7. The van der Waals surface area contributed by atoms with Gasteiger partial charge in [0.15, 0.2) is 0 Å². The van der Waals surface area contributed by atoms with Crippen LogP contribution in [0.3, 0.4) is 0 Å². The Morgan fingerprint density at radius 2 is 1.66 bits per heavy atom. The van der Waals surface area contributed by atoms with E-state index in [-0.39, 0.29) is 23.9 Å². The summed E-state index contributed by atoms with van der Waals surface area (Å²) in [5.41, 5.74) is 3.42. The van der Waals surface area contributed by atoms with Crippen molar-refractivity contribution in [1.29, 1.82) is 0 Å². The van der Waals surface area contributed by atoms with Gasteiger partial charge in [-0.1, -0.05) is 18.6 Å². The summed E-state index contributed by atoms with van der Waals surface area (Å²) in [6.45, 7) is 3.32. The maximum Gasteiger partial charge on any atom is 0.337 e. The number of rotatable bonds is 8. The lowest BCUT2D eigenvalue weighted by Gasteiger charge is -2.26. The number of furan rings is 1. The summed E-state index contributed by atoms with van der Waals surface area (Å²) in [6, 6.07) is 14.0. The number of ether oxygens (including phenoxy) is 1. The van der Waals surface area contributed by atoms with Crippen molar-refractivity contribution in [3.8, 4) is 0 Å². The largest absolute Gasteiger partial charge is 0.472 e. The molecule has 1 aliphatic rings. The first-order valence-electron chi connectivity index (χ1n) is 11.7. The van der Waals surface area contributed by atoms with Crippen molar-refractivity contribution in [1.82, 2.24) is 10.2 Å². The number of amides is 2. The van der Waals surface area contributed by atoms with Crippen molar-refractivity contribution in [3.63, 3.8) is 0 Å². The molecule has 2 aromatic carbocycles. The minimum Gasteiger partial charge on any atom is -0.472 e. The molecular weight excluding hydrogens is 446 g/mol. The third-order valence-corrected chi connectivity index (χ3v) is 5.98. The van der Waals surface area contributed by atoms with Crippen LogP contribution in [-0.2, 0) is 17.8 Å². The molecule has 35 heavy (non-hydrogen) atoms. The molecule has 0 spiro atoms. The first-order valence-corrected chi connectivity index (χ1v) is 11.7. The summed E-state index contributed by atoms with van der Waals surface area (Å²) >= 11 is 0. The highest BCUT2D eigenvalue weighted by atomic mass is 16.5. The molecule has 1 fully saturated rings. The molecule has 2 N–H and O–H groups in total. The molecular formula is C27H29N3O5. The third kappa shape index (κ3) is 6.58. The van der Waals surface area contributed by atoms with Gasteiger partial charge in [0.25, 0.3) is 11.8 Å². The van der Waals surface area contributed by atoms with Crippen LogP contribution < -0.4 is 10.6 Å². The standard InChI is InChI=1S/C27H29N3O5/c1-34-27(33)23-13-20(14-24(15-23)29-26(32)22-9-12-35-18-22)16-28-25(31)21-7-5-19(6-8-21)17-30-10-3-2-4-11-30/h5-9,12-15,18H,2-4,10-11,16-17H2,1H3,(H,28,31)(H,29,32). The van der Waals surface area contributed by atoms with Crippen molar-refractivity contribution in [3.05, 3.63) is 88.9 Å². The second-order valence-electron chi connectivity index (χ2n) is 8.59. The molecule has 182 valence electrons. The fourth-order valence-electron chi connectivity index (χ4n) is 4.12. The maximum absolute atomic E-state index is 12.7. The van der Waals surface area contributed by atoms with Crippen molar-refractivity contribution in [2.24, 2.45) is 0 Å². The third-order valence-electron chi connectivity index (χ3n) is 5.98. The van der Waals surface area contributed by atoms with E-state index >= 15 is 0 Å². The summed E-state index contributed by atoms with van der Waals surface area (Å²) in [6.07, 6.45) is 6.52. The Kier molecular flexibility index (Phi) is 7.95.